The van der Waals surface area contributed by atoms with E-state index in [0.29, 0.717) is 30.9 Å². The molecule has 5 heteroatoms. The highest BCUT2D eigenvalue weighted by molar-refractivity contribution is 5.94. The summed E-state index contributed by atoms with van der Waals surface area (Å²) in [4.78, 5) is 14.4. The van der Waals surface area contributed by atoms with Crippen molar-refractivity contribution in [3.63, 3.8) is 0 Å². The van der Waals surface area contributed by atoms with E-state index in [1.807, 2.05) is 29.2 Å². The molecule has 1 heterocycles. The van der Waals surface area contributed by atoms with Gasteiger partial charge in [0.1, 0.15) is 17.7 Å². The fourth-order valence-corrected chi connectivity index (χ4v) is 2.85. The molecule has 4 nitrogen and oxygen atoms in total. The van der Waals surface area contributed by atoms with Crippen LogP contribution in [0.3, 0.4) is 0 Å². The minimum atomic E-state index is -0.275. The van der Waals surface area contributed by atoms with Gasteiger partial charge in [-0.3, -0.25) is 4.79 Å². The molecule has 0 aliphatic carbocycles. The van der Waals surface area contributed by atoms with E-state index in [9.17, 15) is 9.18 Å². The Hall–Kier alpha value is -2.40. The zero-order chi connectivity index (χ0) is 16.9. The Morgan fingerprint density at radius 1 is 1.08 bits per heavy atom. The number of halogens is 1. The molecule has 1 aliphatic rings. The molecule has 24 heavy (non-hydrogen) atoms. The second kappa shape index (κ2) is 7.45. The number of carbonyl (C=O) groups excluding carboxylic acids is 1. The first-order valence-electron chi connectivity index (χ1n) is 8.16. The van der Waals surface area contributed by atoms with Gasteiger partial charge in [-0.15, -0.1) is 0 Å². The van der Waals surface area contributed by atoms with Crippen molar-refractivity contribution < 1.29 is 13.9 Å². The summed E-state index contributed by atoms with van der Waals surface area (Å²) in [5, 5.41) is 0. The second-order valence-corrected chi connectivity index (χ2v) is 5.96. The number of nitrogens with zero attached hydrogens (tertiary/aromatic N) is 1. The minimum Gasteiger partial charge on any atom is -0.490 e. The third-order valence-corrected chi connectivity index (χ3v) is 4.28. The summed E-state index contributed by atoms with van der Waals surface area (Å²) in [6, 6.07) is 13.5. The van der Waals surface area contributed by atoms with Gasteiger partial charge in [0.05, 0.1) is 0 Å². The van der Waals surface area contributed by atoms with Crippen LogP contribution in [0.15, 0.2) is 48.5 Å². The molecule has 2 aromatic rings. The SMILES string of the molecule is NCc1ccc(C(=O)N2CCC(Oc3ccc(F)cc3)CC2)cc1. The maximum absolute atomic E-state index is 12.9. The van der Waals surface area contributed by atoms with Gasteiger partial charge in [-0.1, -0.05) is 12.1 Å². The smallest absolute Gasteiger partial charge is 0.253 e. The molecule has 0 bridgehead atoms. The number of likely N-dealkylation sites (tertiary alicyclic amines) is 1. The summed E-state index contributed by atoms with van der Waals surface area (Å²) in [6.45, 7) is 1.78. The van der Waals surface area contributed by atoms with Crippen LogP contribution in [0.1, 0.15) is 28.8 Å². The summed E-state index contributed by atoms with van der Waals surface area (Å²) in [6.07, 6.45) is 1.59. The molecular formula is C19H21FN2O2. The van der Waals surface area contributed by atoms with Crippen LogP contribution in [0.5, 0.6) is 5.75 Å². The molecule has 1 aliphatic heterocycles. The Balaban J connectivity index is 1.54. The summed E-state index contributed by atoms with van der Waals surface area (Å²) in [5.74, 6) is 0.431. The van der Waals surface area contributed by atoms with Crippen LogP contribution < -0.4 is 10.5 Å². The Bertz CT molecular complexity index is 678. The number of hydrogen-bond donors (Lipinski definition) is 1. The van der Waals surface area contributed by atoms with Crippen molar-refractivity contribution in [2.45, 2.75) is 25.5 Å². The fraction of sp³-hybridized carbons (Fsp3) is 0.316. The van der Waals surface area contributed by atoms with Gasteiger partial charge in [0.15, 0.2) is 0 Å². The number of carbonyl (C=O) groups is 1. The number of benzene rings is 2. The lowest BCUT2D eigenvalue weighted by Crippen LogP contribution is -2.41. The van der Waals surface area contributed by atoms with Crippen molar-refractivity contribution in [1.82, 2.24) is 4.90 Å². The van der Waals surface area contributed by atoms with Crippen LogP contribution in [-0.4, -0.2) is 30.0 Å². The van der Waals surface area contributed by atoms with Crippen LogP contribution >= 0.6 is 0 Å². The molecule has 2 aromatic carbocycles. The molecule has 2 N–H and O–H groups in total. The molecule has 0 saturated carbocycles. The van der Waals surface area contributed by atoms with Crippen LogP contribution in [0, 0.1) is 5.82 Å². The summed E-state index contributed by atoms with van der Waals surface area (Å²) in [5.41, 5.74) is 7.27. The quantitative estimate of drug-likeness (QED) is 0.939. The number of hydrogen-bond acceptors (Lipinski definition) is 3. The van der Waals surface area contributed by atoms with E-state index in [2.05, 4.69) is 0 Å². The maximum atomic E-state index is 12.9. The minimum absolute atomic E-state index is 0.0406. The van der Waals surface area contributed by atoms with Crippen molar-refractivity contribution in [3.05, 3.63) is 65.5 Å². The molecule has 1 fully saturated rings. The first-order valence-corrected chi connectivity index (χ1v) is 8.16. The molecule has 0 atom stereocenters. The first-order chi connectivity index (χ1) is 11.7. The Morgan fingerprint density at radius 2 is 1.71 bits per heavy atom. The average molecular weight is 328 g/mol. The first kappa shape index (κ1) is 16.5. The van der Waals surface area contributed by atoms with E-state index >= 15 is 0 Å². The van der Waals surface area contributed by atoms with E-state index in [1.54, 1.807) is 12.1 Å². The molecular weight excluding hydrogens is 307 g/mol. The van der Waals surface area contributed by atoms with E-state index < -0.39 is 0 Å². The Labute approximate surface area is 141 Å². The third-order valence-electron chi connectivity index (χ3n) is 4.28. The number of ether oxygens (including phenoxy) is 1. The highest BCUT2D eigenvalue weighted by Gasteiger charge is 2.24. The van der Waals surface area contributed by atoms with Gasteiger partial charge in [0, 0.05) is 38.0 Å². The van der Waals surface area contributed by atoms with Crippen molar-refractivity contribution in [2.24, 2.45) is 5.73 Å². The molecule has 126 valence electrons. The zero-order valence-corrected chi connectivity index (χ0v) is 13.5. The van der Waals surface area contributed by atoms with E-state index in [1.165, 1.54) is 12.1 Å². The van der Waals surface area contributed by atoms with E-state index in [4.69, 9.17) is 10.5 Å². The standard InChI is InChI=1S/C19H21FN2O2/c20-16-5-7-17(8-6-16)24-18-9-11-22(12-10-18)19(23)15-3-1-14(13-21)2-4-15/h1-8,18H,9-13,21H2. The predicted octanol–water partition coefficient (Wildman–Crippen LogP) is 2.97. The lowest BCUT2D eigenvalue weighted by Gasteiger charge is -2.32. The molecule has 0 unspecified atom stereocenters. The molecule has 1 amide bonds. The van der Waals surface area contributed by atoms with Crippen LogP contribution in [0.25, 0.3) is 0 Å². The lowest BCUT2D eigenvalue weighted by molar-refractivity contribution is 0.0595. The molecule has 0 aromatic heterocycles. The van der Waals surface area contributed by atoms with E-state index in [-0.39, 0.29) is 17.8 Å². The molecule has 1 saturated heterocycles. The van der Waals surface area contributed by atoms with Crippen molar-refractivity contribution in [2.75, 3.05) is 13.1 Å². The van der Waals surface area contributed by atoms with Gasteiger partial charge in [-0.25, -0.2) is 4.39 Å². The van der Waals surface area contributed by atoms with Crippen LogP contribution in [0.2, 0.25) is 0 Å². The summed E-state index contributed by atoms with van der Waals surface area (Å²) >= 11 is 0. The number of piperidine rings is 1. The fourth-order valence-electron chi connectivity index (χ4n) is 2.85. The van der Waals surface area contributed by atoms with Gasteiger partial charge >= 0.3 is 0 Å². The zero-order valence-electron chi connectivity index (χ0n) is 13.5. The lowest BCUT2D eigenvalue weighted by atomic mass is 10.1. The third kappa shape index (κ3) is 3.92. The van der Waals surface area contributed by atoms with Crippen molar-refractivity contribution in [1.29, 1.82) is 0 Å². The van der Waals surface area contributed by atoms with Crippen LogP contribution in [0.4, 0.5) is 4.39 Å². The summed E-state index contributed by atoms with van der Waals surface area (Å²) in [7, 11) is 0. The van der Waals surface area contributed by atoms with Crippen molar-refractivity contribution >= 4 is 5.91 Å². The largest absolute Gasteiger partial charge is 0.490 e. The van der Waals surface area contributed by atoms with Crippen LogP contribution in [-0.2, 0) is 6.54 Å². The van der Waals surface area contributed by atoms with Gasteiger partial charge in [-0.05, 0) is 42.0 Å². The molecule has 0 spiro atoms. The number of nitrogens with two attached hydrogens (primary N) is 1. The normalized spacial score (nSPS) is 15.3. The van der Waals surface area contributed by atoms with Gasteiger partial charge < -0.3 is 15.4 Å². The highest BCUT2D eigenvalue weighted by atomic mass is 19.1. The number of amides is 1. The Morgan fingerprint density at radius 3 is 2.29 bits per heavy atom. The van der Waals surface area contributed by atoms with Gasteiger partial charge in [0.25, 0.3) is 5.91 Å². The van der Waals surface area contributed by atoms with Gasteiger partial charge in [-0.2, -0.15) is 0 Å². The summed E-state index contributed by atoms with van der Waals surface area (Å²) < 4.78 is 18.8. The predicted molar refractivity (Wildman–Crippen MR) is 90.3 cm³/mol. The average Bonchev–Trinajstić information content (AvgIpc) is 2.64. The molecule has 0 radical (unpaired) electrons. The maximum Gasteiger partial charge on any atom is 0.253 e. The second-order valence-electron chi connectivity index (χ2n) is 5.96. The molecule has 3 rings (SSSR count). The Kier molecular flexibility index (Phi) is 5.11. The number of rotatable bonds is 4. The van der Waals surface area contributed by atoms with Gasteiger partial charge in [0.2, 0.25) is 0 Å². The monoisotopic (exact) mass is 328 g/mol. The van der Waals surface area contributed by atoms with Crippen molar-refractivity contribution in [3.8, 4) is 5.75 Å². The highest BCUT2D eigenvalue weighted by Crippen LogP contribution is 2.20. The van der Waals surface area contributed by atoms with E-state index in [0.717, 1.165) is 18.4 Å². The topological polar surface area (TPSA) is 55.6 Å².